The normalized spacial score (nSPS) is 19.1. The Balaban J connectivity index is 2.00. The maximum absolute atomic E-state index is 11.4. The second-order valence-corrected chi connectivity index (χ2v) is 5.34. The van der Waals surface area contributed by atoms with Crippen molar-refractivity contribution in [3.8, 4) is 11.5 Å². The minimum atomic E-state index is -0.399. The first-order valence-corrected chi connectivity index (χ1v) is 7.34. The molecule has 0 saturated carbocycles. The van der Waals surface area contributed by atoms with E-state index in [2.05, 4.69) is 10.2 Å². The van der Waals surface area contributed by atoms with Crippen LogP contribution in [0.3, 0.4) is 0 Å². The van der Waals surface area contributed by atoms with Crippen LogP contribution in [0.5, 0.6) is 11.5 Å². The zero-order valence-corrected chi connectivity index (χ0v) is 12.2. The topological polar surface area (TPSA) is 97.1 Å². The number of hydrogen-bond acceptors (Lipinski definition) is 7. The number of ether oxygens (including phenoxy) is 2. The first kappa shape index (κ1) is 15.0. The van der Waals surface area contributed by atoms with Gasteiger partial charge in [-0.1, -0.05) is 0 Å². The van der Waals surface area contributed by atoms with Crippen molar-refractivity contribution in [2.24, 2.45) is 0 Å². The highest BCUT2D eigenvalue weighted by Gasteiger charge is 2.31. The number of rotatable bonds is 5. The molecule has 8 heteroatoms. The van der Waals surface area contributed by atoms with E-state index in [0.29, 0.717) is 23.5 Å². The van der Waals surface area contributed by atoms with Gasteiger partial charge in [0.05, 0.1) is 16.6 Å². The van der Waals surface area contributed by atoms with Gasteiger partial charge in [0.2, 0.25) is 6.79 Å². The van der Waals surface area contributed by atoms with Crippen molar-refractivity contribution < 1.29 is 19.5 Å². The van der Waals surface area contributed by atoms with Crippen LogP contribution in [-0.2, 0) is 0 Å². The molecule has 2 heterocycles. The monoisotopic (exact) mass is 309 g/mol. The van der Waals surface area contributed by atoms with E-state index >= 15 is 0 Å². The average Bonchev–Trinajstić information content (AvgIpc) is 2.99. The van der Waals surface area contributed by atoms with Gasteiger partial charge in [-0.3, -0.25) is 15.0 Å². The Bertz CT molecular complexity index is 560. The summed E-state index contributed by atoms with van der Waals surface area (Å²) in [5.41, 5.74) is 0.589. The molecule has 1 fully saturated rings. The van der Waals surface area contributed by atoms with Crippen LogP contribution >= 0.6 is 0 Å². The predicted octanol–water partition coefficient (Wildman–Crippen LogP) is 0.652. The van der Waals surface area contributed by atoms with Crippen LogP contribution in [0.2, 0.25) is 0 Å². The summed E-state index contributed by atoms with van der Waals surface area (Å²) in [5.74, 6) is 0.928. The van der Waals surface area contributed by atoms with Crippen molar-refractivity contribution in [1.82, 2.24) is 10.2 Å². The number of piperazine rings is 1. The minimum absolute atomic E-state index is 0.0150. The molecule has 120 valence electrons. The van der Waals surface area contributed by atoms with Gasteiger partial charge in [0.15, 0.2) is 11.5 Å². The largest absolute Gasteiger partial charge is 0.454 e. The number of nitro benzene ring substituents is 1. The number of nitrogens with one attached hydrogen (secondary N) is 1. The fraction of sp³-hybridized carbons (Fsp3) is 0.571. The Morgan fingerprint density at radius 1 is 1.32 bits per heavy atom. The number of benzene rings is 1. The van der Waals surface area contributed by atoms with Crippen molar-refractivity contribution in [3.05, 3.63) is 27.8 Å². The lowest BCUT2D eigenvalue weighted by Crippen LogP contribution is -2.45. The second kappa shape index (κ2) is 6.47. The maximum Gasteiger partial charge on any atom is 0.278 e. The molecular weight excluding hydrogens is 290 g/mol. The van der Waals surface area contributed by atoms with Gasteiger partial charge in [-0.05, 0) is 12.5 Å². The first-order chi connectivity index (χ1) is 10.7. The summed E-state index contributed by atoms with van der Waals surface area (Å²) in [4.78, 5) is 13.2. The Hall–Kier alpha value is -1.90. The van der Waals surface area contributed by atoms with E-state index in [1.807, 2.05) is 0 Å². The van der Waals surface area contributed by atoms with Gasteiger partial charge in [-0.25, -0.2) is 0 Å². The molecule has 0 radical (unpaired) electrons. The highest BCUT2D eigenvalue weighted by molar-refractivity contribution is 5.56. The Morgan fingerprint density at radius 2 is 2.00 bits per heavy atom. The molecule has 1 atom stereocenters. The van der Waals surface area contributed by atoms with E-state index in [9.17, 15) is 15.2 Å². The lowest BCUT2D eigenvalue weighted by atomic mass is 9.98. The molecule has 22 heavy (non-hydrogen) atoms. The van der Waals surface area contributed by atoms with Gasteiger partial charge >= 0.3 is 0 Å². The van der Waals surface area contributed by atoms with Gasteiger partial charge in [0.1, 0.15) is 0 Å². The van der Waals surface area contributed by atoms with E-state index < -0.39 is 4.92 Å². The number of aliphatic hydroxyl groups excluding tert-OH is 1. The Kier molecular flexibility index (Phi) is 4.41. The molecule has 3 rings (SSSR count). The van der Waals surface area contributed by atoms with E-state index in [1.165, 1.54) is 6.07 Å². The molecule has 2 aliphatic rings. The van der Waals surface area contributed by atoms with Crippen LogP contribution < -0.4 is 14.8 Å². The van der Waals surface area contributed by atoms with Crippen LogP contribution in [0, 0.1) is 10.1 Å². The number of nitrogens with zero attached hydrogens (tertiary/aromatic N) is 2. The lowest BCUT2D eigenvalue weighted by molar-refractivity contribution is -0.386. The lowest BCUT2D eigenvalue weighted by Gasteiger charge is -2.34. The summed E-state index contributed by atoms with van der Waals surface area (Å²) >= 11 is 0. The molecule has 0 aliphatic carbocycles. The molecule has 0 spiro atoms. The number of nitro groups is 1. The van der Waals surface area contributed by atoms with Gasteiger partial charge in [0, 0.05) is 38.8 Å². The van der Waals surface area contributed by atoms with Gasteiger partial charge in [-0.15, -0.1) is 0 Å². The van der Waals surface area contributed by atoms with Crippen molar-refractivity contribution in [1.29, 1.82) is 0 Å². The van der Waals surface area contributed by atoms with Crippen molar-refractivity contribution >= 4 is 5.69 Å². The van der Waals surface area contributed by atoms with E-state index in [-0.39, 0.29) is 25.1 Å². The maximum atomic E-state index is 11.4. The summed E-state index contributed by atoms with van der Waals surface area (Å²) < 4.78 is 10.6. The summed E-state index contributed by atoms with van der Waals surface area (Å²) in [7, 11) is 0. The summed E-state index contributed by atoms with van der Waals surface area (Å²) in [6.07, 6.45) is 0.445. The molecule has 0 unspecified atom stereocenters. The van der Waals surface area contributed by atoms with Crippen LogP contribution in [0.15, 0.2) is 12.1 Å². The summed E-state index contributed by atoms with van der Waals surface area (Å²) in [6.45, 7) is 3.29. The standard InChI is InChI=1S/C14H19N3O5/c18-6-1-11(16-4-2-15-3-5-16)10-7-13-14(22-9-21-13)8-12(10)17(19)20/h7-8,11,15,18H,1-6,9H2/t11-/m1/s1. The molecule has 8 nitrogen and oxygen atoms in total. The van der Waals surface area contributed by atoms with Crippen LogP contribution in [0.4, 0.5) is 5.69 Å². The van der Waals surface area contributed by atoms with Crippen LogP contribution in [-0.4, -0.2) is 54.5 Å². The smallest absolute Gasteiger partial charge is 0.278 e. The predicted molar refractivity (Wildman–Crippen MR) is 78.1 cm³/mol. The zero-order valence-electron chi connectivity index (χ0n) is 12.2. The highest BCUT2D eigenvalue weighted by Crippen LogP contribution is 2.42. The van der Waals surface area contributed by atoms with E-state index in [4.69, 9.17) is 9.47 Å². The van der Waals surface area contributed by atoms with Crippen molar-refractivity contribution in [3.63, 3.8) is 0 Å². The van der Waals surface area contributed by atoms with Gasteiger partial charge < -0.3 is 19.9 Å². The number of aliphatic hydroxyl groups is 1. The fourth-order valence-electron chi connectivity index (χ4n) is 3.02. The number of hydrogen-bond donors (Lipinski definition) is 2. The molecule has 1 aromatic rings. The molecule has 0 aromatic heterocycles. The van der Waals surface area contributed by atoms with Crippen molar-refractivity contribution in [2.75, 3.05) is 39.6 Å². The molecule has 0 amide bonds. The minimum Gasteiger partial charge on any atom is -0.454 e. The van der Waals surface area contributed by atoms with Gasteiger partial charge in [-0.2, -0.15) is 0 Å². The van der Waals surface area contributed by atoms with Crippen LogP contribution in [0.25, 0.3) is 0 Å². The molecule has 1 saturated heterocycles. The fourth-order valence-corrected chi connectivity index (χ4v) is 3.02. The molecule has 2 N–H and O–H groups in total. The van der Waals surface area contributed by atoms with Crippen molar-refractivity contribution in [2.45, 2.75) is 12.5 Å². The second-order valence-electron chi connectivity index (χ2n) is 5.34. The van der Waals surface area contributed by atoms with Crippen LogP contribution in [0.1, 0.15) is 18.0 Å². The summed E-state index contributed by atoms with van der Waals surface area (Å²) in [5, 5.41) is 24.1. The summed E-state index contributed by atoms with van der Waals surface area (Å²) in [6, 6.07) is 2.90. The molecule has 2 aliphatic heterocycles. The Morgan fingerprint density at radius 3 is 2.64 bits per heavy atom. The number of fused-ring (bicyclic) bond motifs is 1. The molecule has 1 aromatic carbocycles. The van der Waals surface area contributed by atoms with E-state index in [0.717, 1.165) is 26.2 Å². The third-order valence-corrected chi connectivity index (χ3v) is 4.07. The molecular formula is C14H19N3O5. The SMILES string of the molecule is O=[N+]([O-])c1cc2c(cc1[C@@H](CCO)N1CCNCC1)OCO2. The third-order valence-electron chi connectivity index (χ3n) is 4.07. The molecule has 0 bridgehead atoms. The first-order valence-electron chi connectivity index (χ1n) is 7.34. The van der Waals surface area contributed by atoms with Gasteiger partial charge in [0.25, 0.3) is 5.69 Å². The quantitative estimate of drug-likeness (QED) is 0.609. The zero-order chi connectivity index (χ0) is 15.5. The highest BCUT2D eigenvalue weighted by atomic mass is 16.7. The van der Waals surface area contributed by atoms with E-state index in [1.54, 1.807) is 6.07 Å². The Labute approximate surface area is 127 Å². The average molecular weight is 309 g/mol. The third kappa shape index (κ3) is 2.85.